The predicted octanol–water partition coefficient (Wildman–Crippen LogP) is 3.81. The van der Waals surface area contributed by atoms with E-state index in [-0.39, 0.29) is 15.5 Å². The molecule has 0 radical (unpaired) electrons. The van der Waals surface area contributed by atoms with Crippen molar-refractivity contribution < 1.29 is 17.9 Å². The number of carbonyl (C=O) groups excluding carboxylic acids is 1. The maximum Gasteiger partial charge on any atom is 0.257 e. The van der Waals surface area contributed by atoms with E-state index < -0.39 is 15.9 Å². The highest BCUT2D eigenvalue weighted by atomic mass is 35.5. The first-order valence-electron chi connectivity index (χ1n) is 7.45. The molecule has 9 heteroatoms. The lowest BCUT2D eigenvalue weighted by Gasteiger charge is -2.15. The number of amides is 1. The van der Waals surface area contributed by atoms with Crippen LogP contribution in [0.2, 0.25) is 10.0 Å². The van der Waals surface area contributed by atoms with E-state index in [9.17, 15) is 13.2 Å². The first-order valence-corrected chi connectivity index (χ1v) is 9.65. The van der Waals surface area contributed by atoms with E-state index in [0.29, 0.717) is 16.5 Å². The predicted molar refractivity (Wildman–Crippen MR) is 103 cm³/mol. The highest BCUT2D eigenvalue weighted by Gasteiger charge is 2.21. The molecule has 0 heterocycles. The summed E-state index contributed by atoms with van der Waals surface area (Å²) in [6, 6.07) is 7.20. The molecule has 1 amide bonds. The van der Waals surface area contributed by atoms with Crippen LogP contribution in [-0.2, 0) is 10.0 Å². The molecule has 0 saturated carbocycles. The van der Waals surface area contributed by atoms with Crippen LogP contribution in [0.3, 0.4) is 0 Å². The van der Waals surface area contributed by atoms with E-state index in [1.807, 2.05) is 0 Å². The van der Waals surface area contributed by atoms with Gasteiger partial charge in [-0.15, -0.1) is 0 Å². The number of rotatable bonds is 5. The molecule has 0 atom stereocenters. The lowest BCUT2D eigenvalue weighted by atomic mass is 10.1. The van der Waals surface area contributed by atoms with Crippen molar-refractivity contribution in [2.45, 2.75) is 11.8 Å². The van der Waals surface area contributed by atoms with Crippen LogP contribution in [0, 0.1) is 6.92 Å². The maximum atomic E-state index is 12.7. The molecule has 2 rings (SSSR count). The summed E-state index contributed by atoms with van der Waals surface area (Å²) >= 11 is 12.2. The van der Waals surface area contributed by atoms with E-state index in [0.717, 1.165) is 9.87 Å². The van der Waals surface area contributed by atoms with Crippen molar-refractivity contribution in [3.63, 3.8) is 0 Å². The van der Waals surface area contributed by atoms with Gasteiger partial charge in [0.15, 0.2) is 0 Å². The normalized spacial score (nSPS) is 11.5. The fourth-order valence-corrected chi connectivity index (χ4v) is 3.45. The first kappa shape index (κ1) is 20.5. The van der Waals surface area contributed by atoms with Gasteiger partial charge in [0.2, 0.25) is 10.0 Å². The van der Waals surface area contributed by atoms with Gasteiger partial charge in [-0.2, -0.15) is 0 Å². The summed E-state index contributed by atoms with van der Waals surface area (Å²) in [6.07, 6.45) is 0. The van der Waals surface area contributed by atoms with Crippen molar-refractivity contribution in [3.8, 4) is 5.75 Å². The van der Waals surface area contributed by atoms with Crippen LogP contribution in [0.25, 0.3) is 0 Å². The molecule has 0 aliphatic carbocycles. The van der Waals surface area contributed by atoms with Gasteiger partial charge >= 0.3 is 0 Å². The molecule has 0 saturated heterocycles. The molecule has 2 aromatic rings. The number of halogens is 2. The average molecular weight is 417 g/mol. The molecule has 0 aliphatic heterocycles. The van der Waals surface area contributed by atoms with Crippen LogP contribution in [0.15, 0.2) is 35.2 Å². The molecule has 0 aromatic heterocycles. The Kier molecular flexibility index (Phi) is 6.18. The Labute approximate surface area is 162 Å². The first-order chi connectivity index (χ1) is 12.1. The Morgan fingerprint density at radius 1 is 1.12 bits per heavy atom. The lowest BCUT2D eigenvalue weighted by molar-refractivity contribution is 0.102. The van der Waals surface area contributed by atoms with Gasteiger partial charge in [0.05, 0.1) is 28.3 Å². The van der Waals surface area contributed by atoms with Gasteiger partial charge in [-0.25, -0.2) is 12.7 Å². The molecule has 0 fully saturated rings. The van der Waals surface area contributed by atoms with E-state index in [2.05, 4.69) is 5.32 Å². The monoisotopic (exact) mass is 416 g/mol. The van der Waals surface area contributed by atoms with Crippen molar-refractivity contribution in [3.05, 3.63) is 51.5 Å². The number of nitrogens with one attached hydrogen (secondary N) is 1. The summed E-state index contributed by atoms with van der Waals surface area (Å²) in [6.45, 7) is 1.79. The number of carbonyl (C=O) groups is 1. The van der Waals surface area contributed by atoms with E-state index in [4.69, 9.17) is 27.9 Å². The second kappa shape index (κ2) is 7.84. The summed E-state index contributed by atoms with van der Waals surface area (Å²) in [7, 11) is 0.573. The van der Waals surface area contributed by atoms with E-state index in [1.54, 1.807) is 19.1 Å². The quantitative estimate of drug-likeness (QED) is 0.803. The highest BCUT2D eigenvalue weighted by molar-refractivity contribution is 7.89. The number of benzene rings is 2. The third-order valence-electron chi connectivity index (χ3n) is 3.69. The Balaban J connectivity index is 2.44. The minimum absolute atomic E-state index is 0.0312. The molecule has 140 valence electrons. The second-order valence-corrected chi connectivity index (χ2v) is 8.65. The summed E-state index contributed by atoms with van der Waals surface area (Å²) in [4.78, 5) is 12.6. The number of hydrogen-bond acceptors (Lipinski definition) is 4. The fourth-order valence-electron chi connectivity index (χ4n) is 2.17. The zero-order valence-corrected chi connectivity index (χ0v) is 17.0. The van der Waals surface area contributed by atoms with Crippen LogP contribution >= 0.6 is 23.2 Å². The third-order valence-corrected chi connectivity index (χ3v) is 6.24. The molecule has 1 N–H and O–H groups in total. The standard InChI is InChI=1S/C17H18Cl2N2O4S/c1-10-7-15(16(25-4)9-14(10)19)20-17(22)12-8-11(5-6-13(12)18)26(23,24)21(2)3/h5-9H,1-4H3,(H,20,22). The number of ether oxygens (including phenoxy) is 1. The van der Waals surface area contributed by atoms with Crippen LogP contribution in [0.1, 0.15) is 15.9 Å². The van der Waals surface area contributed by atoms with Crippen LogP contribution in [-0.4, -0.2) is 39.8 Å². The summed E-state index contributed by atoms with van der Waals surface area (Å²) in [5.41, 5.74) is 1.18. The number of hydrogen-bond donors (Lipinski definition) is 1. The summed E-state index contributed by atoms with van der Waals surface area (Å²) in [5.74, 6) is -0.187. The van der Waals surface area contributed by atoms with Crippen LogP contribution in [0.4, 0.5) is 5.69 Å². The fraction of sp³-hybridized carbons (Fsp3) is 0.235. The number of anilines is 1. The van der Waals surface area contributed by atoms with E-state index >= 15 is 0 Å². The zero-order chi connectivity index (χ0) is 19.6. The SMILES string of the molecule is COc1cc(Cl)c(C)cc1NC(=O)c1cc(S(=O)(=O)N(C)C)ccc1Cl. The van der Waals surface area contributed by atoms with Crippen LogP contribution in [0.5, 0.6) is 5.75 Å². The summed E-state index contributed by atoms with van der Waals surface area (Å²) < 4.78 is 30.8. The van der Waals surface area contributed by atoms with Gasteiger partial charge in [0.25, 0.3) is 5.91 Å². The molecule has 0 unspecified atom stereocenters. The van der Waals surface area contributed by atoms with Gasteiger partial charge in [0, 0.05) is 25.2 Å². The van der Waals surface area contributed by atoms with Gasteiger partial charge in [-0.1, -0.05) is 23.2 Å². The molecule has 2 aromatic carbocycles. The van der Waals surface area contributed by atoms with Crippen molar-refractivity contribution in [2.75, 3.05) is 26.5 Å². The second-order valence-electron chi connectivity index (χ2n) is 5.68. The van der Waals surface area contributed by atoms with Crippen molar-refractivity contribution >= 4 is 44.8 Å². The Morgan fingerprint density at radius 2 is 1.77 bits per heavy atom. The molecule has 26 heavy (non-hydrogen) atoms. The summed E-state index contributed by atoms with van der Waals surface area (Å²) in [5, 5.41) is 3.31. The highest BCUT2D eigenvalue weighted by Crippen LogP contribution is 2.32. The van der Waals surface area contributed by atoms with Gasteiger partial charge < -0.3 is 10.1 Å². The Hall–Kier alpha value is -1.80. The van der Waals surface area contributed by atoms with Gasteiger partial charge in [-0.05, 0) is 36.8 Å². The number of sulfonamides is 1. The minimum Gasteiger partial charge on any atom is -0.495 e. The molecular formula is C17H18Cl2N2O4S. The van der Waals surface area contributed by atoms with Crippen molar-refractivity contribution in [1.82, 2.24) is 4.31 Å². The lowest BCUT2D eigenvalue weighted by Crippen LogP contribution is -2.23. The van der Waals surface area contributed by atoms with Crippen molar-refractivity contribution in [1.29, 1.82) is 0 Å². The maximum absolute atomic E-state index is 12.7. The Morgan fingerprint density at radius 3 is 2.35 bits per heavy atom. The molecule has 0 spiro atoms. The van der Waals surface area contributed by atoms with Gasteiger partial charge in [0.1, 0.15) is 5.75 Å². The van der Waals surface area contributed by atoms with E-state index in [1.165, 1.54) is 39.4 Å². The average Bonchev–Trinajstić information content (AvgIpc) is 2.57. The number of nitrogens with zero attached hydrogens (tertiary/aromatic N) is 1. The molecule has 0 aliphatic rings. The zero-order valence-electron chi connectivity index (χ0n) is 14.6. The minimum atomic E-state index is -3.70. The third kappa shape index (κ3) is 4.12. The topological polar surface area (TPSA) is 75.7 Å². The number of aryl methyl sites for hydroxylation is 1. The number of methoxy groups -OCH3 is 1. The molecule has 6 nitrogen and oxygen atoms in total. The largest absolute Gasteiger partial charge is 0.495 e. The molecule has 0 bridgehead atoms. The van der Waals surface area contributed by atoms with Crippen molar-refractivity contribution in [2.24, 2.45) is 0 Å². The smallest absolute Gasteiger partial charge is 0.257 e. The molecular weight excluding hydrogens is 399 g/mol. The van der Waals surface area contributed by atoms with Gasteiger partial charge in [-0.3, -0.25) is 4.79 Å². The van der Waals surface area contributed by atoms with Crippen LogP contribution < -0.4 is 10.1 Å². The Bertz CT molecular complexity index is 959.